The minimum Gasteiger partial charge on any atom is -0.392 e. The zero-order valence-corrected chi connectivity index (χ0v) is 12.5. The topological polar surface area (TPSA) is 76.2 Å². The molecule has 0 atom stereocenters. The Morgan fingerprint density at radius 2 is 2.04 bits per heavy atom. The normalized spacial score (nSPS) is 10.9. The molecular weight excluding hydrogens is 295 g/mol. The maximum atomic E-state index is 14.0. The third-order valence-corrected chi connectivity index (χ3v) is 3.87. The Labute approximate surface area is 132 Å². The van der Waals surface area contributed by atoms with Crippen molar-refractivity contribution in [2.24, 2.45) is 5.73 Å². The number of fused-ring (bicyclic) bond motifs is 1. The molecule has 0 aliphatic heterocycles. The summed E-state index contributed by atoms with van der Waals surface area (Å²) < 4.78 is 14.0. The van der Waals surface area contributed by atoms with Gasteiger partial charge in [0.05, 0.1) is 6.61 Å². The Kier molecular flexibility index (Phi) is 3.80. The van der Waals surface area contributed by atoms with Gasteiger partial charge in [0.15, 0.2) is 0 Å². The van der Waals surface area contributed by atoms with Crippen LogP contribution in [0, 0.1) is 12.7 Å². The van der Waals surface area contributed by atoms with Crippen LogP contribution in [0.2, 0.25) is 0 Å². The van der Waals surface area contributed by atoms with Gasteiger partial charge < -0.3 is 10.8 Å². The molecule has 3 aromatic rings. The van der Waals surface area contributed by atoms with E-state index in [1.807, 2.05) is 19.1 Å². The highest BCUT2D eigenvalue weighted by Gasteiger charge is 2.12. The molecule has 0 bridgehead atoms. The van der Waals surface area contributed by atoms with E-state index in [2.05, 4.69) is 4.98 Å². The van der Waals surface area contributed by atoms with E-state index in [1.165, 1.54) is 12.3 Å². The number of carbonyl (C=O) groups is 1. The molecule has 0 saturated carbocycles. The van der Waals surface area contributed by atoms with Gasteiger partial charge in [0, 0.05) is 17.1 Å². The van der Waals surface area contributed by atoms with E-state index in [0.717, 1.165) is 16.5 Å². The molecule has 2 aromatic carbocycles. The first kappa shape index (κ1) is 15.1. The number of aromatic nitrogens is 1. The summed E-state index contributed by atoms with van der Waals surface area (Å²) in [6, 6.07) is 10.3. The lowest BCUT2D eigenvalue weighted by molar-refractivity contribution is 0.0997. The van der Waals surface area contributed by atoms with Crippen LogP contribution in [0.5, 0.6) is 0 Å². The van der Waals surface area contributed by atoms with E-state index < -0.39 is 11.7 Å². The number of nitrogens with two attached hydrogens (primary N) is 1. The number of rotatable bonds is 3. The Balaban J connectivity index is 2.23. The van der Waals surface area contributed by atoms with Gasteiger partial charge in [-0.2, -0.15) is 0 Å². The van der Waals surface area contributed by atoms with Crippen molar-refractivity contribution < 1.29 is 14.3 Å². The molecule has 0 radical (unpaired) electrons. The molecule has 1 amide bonds. The number of aryl methyl sites for hydroxylation is 1. The first-order valence-electron chi connectivity index (χ1n) is 7.10. The summed E-state index contributed by atoms with van der Waals surface area (Å²) in [5.41, 5.74) is 8.10. The van der Waals surface area contributed by atoms with Gasteiger partial charge in [-0.1, -0.05) is 18.2 Å². The number of aliphatic hydroxyl groups is 1. The van der Waals surface area contributed by atoms with E-state index in [0.29, 0.717) is 10.9 Å². The average Bonchev–Trinajstić information content (AvgIpc) is 2.55. The first-order valence-corrected chi connectivity index (χ1v) is 7.10. The monoisotopic (exact) mass is 310 g/mol. The standard InChI is InChI=1S/C18H15FN2O2/c1-10-6-13(9-22)16(19)8-14(10)12-3-2-11-4-5-21-17(18(20)23)15(11)7-12/h2-8,22H,9H2,1H3,(H2,20,23). The fraction of sp³-hybridized carbons (Fsp3) is 0.111. The summed E-state index contributed by atoms with van der Waals surface area (Å²) in [7, 11) is 0. The second-order valence-electron chi connectivity index (χ2n) is 5.38. The van der Waals surface area contributed by atoms with E-state index in [-0.39, 0.29) is 17.9 Å². The van der Waals surface area contributed by atoms with Crippen LogP contribution in [0.1, 0.15) is 21.6 Å². The van der Waals surface area contributed by atoms with E-state index in [9.17, 15) is 9.18 Å². The SMILES string of the molecule is Cc1cc(CO)c(F)cc1-c1ccc2ccnc(C(N)=O)c2c1. The lowest BCUT2D eigenvalue weighted by Gasteiger charge is -2.11. The fourth-order valence-corrected chi connectivity index (χ4v) is 2.71. The lowest BCUT2D eigenvalue weighted by atomic mass is 9.95. The largest absolute Gasteiger partial charge is 0.392 e. The quantitative estimate of drug-likeness (QED) is 0.781. The highest BCUT2D eigenvalue weighted by molar-refractivity contribution is 6.05. The molecular formula is C18H15FN2O2. The molecule has 0 spiro atoms. The van der Waals surface area contributed by atoms with Crippen LogP contribution in [0.3, 0.4) is 0 Å². The number of hydrogen-bond acceptors (Lipinski definition) is 3. The Morgan fingerprint density at radius 3 is 2.74 bits per heavy atom. The van der Waals surface area contributed by atoms with Crippen molar-refractivity contribution in [2.75, 3.05) is 0 Å². The number of nitrogens with zero attached hydrogens (tertiary/aromatic N) is 1. The smallest absolute Gasteiger partial charge is 0.267 e. The number of aliphatic hydroxyl groups excluding tert-OH is 1. The molecule has 0 unspecified atom stereocenters. The molecule has 1 aromatic heterocycles. The number of carbonyl (C=O) groups excluding carboxylic acids is 1. The predicted octanol–water partition coefficient (Wildman–Crippen LogP) is 2.94. The second kappa shape index (κ2) is 5.78. The van der Waals surface area contributed by atoms with Gasteiger partial charge in [-0.05, 0) is 47.2 Å². The molecule has 3 rings (SSSR count). The van der Waals surface area contributed by atoms with Crippen LogP contribution >= 0.6 is 0 Å². The number of amides is 1. The van der Waals surface area contributed by atoms with Crippen molar-refractivity contribution >= 4 is 16.7 Å². The van der Waals surface area contributed by atoms with Crippen LogP contribution in [0.15, 0.2) is 42.6 Å². The van der Waals surface area contributed by atoms with Crippen molar-refractivity contribution in [1.82, 2.24) is 4.98 Å². The average molecular weight is 310 g/mol. The van der Waals surface area contributed by atoms with Crippen LogP contribution in [-0.2, 0) is 6.61 Å². The zero-order chi connectivity index (χ0) is 16.6. The highest BCUT2D eigenvalue weighted by atomic mass is 19.1. The molecule has 5 heteroatoms. The predicted molar refractivity (Wildman–Crippen MR) is 86.3 cm³/mol. The zero-order valence-electron chi connectivity index (χ0n) is 12.5. The van der Waals surface area contributed by atoms with Crippen LogP contribution < -0.4 is 5.73 Å². The van der Waals surface area contributed by atoms with Gasteiger partial charge in [0.2, 0.25) is 0 Å². The molecule has 0 saturated heterocycles. The van der Waals surface area contributed by atoms with Crippen molar-refractivity contribution in [3.05, 3.63) is 65.2 Å². The molecule has 0 aliphatic carbocycles. The van der Waals surface area contributed by atoms with Crippen LogP contribution in [-0.4, -0.2) is 16.0 Å². The van der Waals surface area contributed by atoms with Crippen molar-refractivity contribution in [3.8, 4) is 11.1 Å². The summed E-state index contributed by atoms with van der Waals surface area (Å²) in [6.45, 7) is 1.50. The maximum Gasteiger partial charge on any atom is 0.267 e. The third-order valence-electron chi connectivity index (χ3n) is 3.87. The van der Waals surface area contributed by atoms with Gasteiger partial charge in [0.1, 0.15) is 11.5 Å². The summed E-state index contributed by atoms with van der Waals surface area (Å²) in [5.74, 6) is -1.07. The summed E-state index contributed by atoms with van der Waals surface area (Å²) >= 11 is 0. The molecule has 116 valence electrons. The Morgan fingerprint density at radius 1 is 1.26 bits per heavy atom. The van der Waals surface area contributed by atoms with Crippen LogP contribution in [0.25, 0.3) is 21.9 Å². The third kappa shape index (κ3) is 2.66. The molecule has 23 heavy (non-hydrogen) atoms. The van der Waals surface area contributed by atoms with Crippen molar-refractivity contribution in [2.45, 2.75) is 13.5 Å². The molecule has 0 fully saturated rings. The van der Waals surface area contributed by atoms with E-state index >= 15 is 0 Å². The highest BCUT2D eigenvalue weighted by Crippen LogP contribution is 2.30. The Bertz CT molecular complexity index is 922. The van der Waals surface area contributed by atoms with Gasteiger partial charge >= 0.3 is 0 Å². The van der Waals surface area contributed by atoms with Gasteiger partial charge in [-0.3, -0.25) is 9.78 Å². The summed E-state index contributed by atoms with van der Waals surface area (Å²) in [5, 5.41) is 10.6. The van der Waals surface area contributed by atoms with E-state index in [4.69, 9.17) is 10.8 Å². The number of primary amides is 1. The van der Waals surface area contributed by atoms with Crippen molar-refractivity contribution in [3.63, 3.8) is 0 Å². The minimum absolute atomic E-state index is 0.189. The van der Waals surface area contributed by atoms with Gasteiger partial charge in [0.25, 0.3) is 5.91 Å². The van der Waals surface area contributed by atoms with E-state index in [1.54, 1.807) is 18.2 Å². The maximum absolute atomic E-state index is 14.0. The molecule has 0 aliphatic rings. The molecule has 3 N–H and O–H groups in total. The fourth-order valence-electron chi connectivity index (χ4n) is 2.71. The Hall–Kier alpha value is -2.79. The van der Waals surface area contributed by atoms with Gasteiger partial charge in [-0.15, -0.1) is 0 Å². The number of pyridine rings is 1. The minimum atomic E-state index is -0.605. The number of halogens is 1. The van der Waals surface area contributed by atoms with Crippen LogP contribution in [0.4, 0.5) is 4.39 Å². The molecule has 4 nitrogen and oxygen atoms in total. The molecule has 1 heterocycles. The summed E-state index contributed by atoms with van der Waals surface area (Å²) in [6.07, 6.45) is 1.53. The number of benzene rings is 2. The van der Waals surface area contributed by atoms with Gasteiger partial charge in [-0.25, -0.2) is 4.39 Å². The summed E-state index contributed by atoms with van der Waals surface area (Å²) in [4.78, 5) is 15.6. The first-order chi connectivity index (χ1) is 11.0. The number of hydrogen-bond donors (Lipinski definition) is 2. The van der Waals surface area contributed by atoms with Crippen molar-refractivity contribution in [1.29, 1.82) is 0 Å². The second-order valence-corrected chi connectivity index (χ2v) is 5.38. The lowest BCUT2D eigenvalue weighted by Crippen LogP contribution is -2.13.